The van der Waals surface area contributed by atoms with Crippen LogP contribution in [0.3, 0.4) is 0 Å². The molecular weight excluding hydrogens is 368 g/mol. The first-order valence-corrected chi connectivity index (χ1v) is 10.7. The molecule has 2 aromatic heterocycles. The fourth-order valence-corrected chi connectivity index (χ4v) is 4.67. The smallest absolute Gasteiger partial charge is 0.222 e. The van der Waals surface area contributed by atoms with Crippen LogP contribution in [0.2, 0.25) is 0 Å². The summed E-state index contributed by atoms with van der Waals surface area (Å²) in [6.07, 6.45) is 8.81. The Morgan fingerprint density at radius 3 is 2.63 bits per heavy atom. The van der Waals surface area contributed by atoms with Gasteiger partial charge in [0.2, 0.25) is 5.88 Å². The van der Waals surface area contributed by atoms with Crippen LogP contribution in [0, 0.1) is 5.92 Å². The Labute approximate surface area is 177 Å². The number of aromatic nitrogens is 2. The molecule has 1 aliphatic rings. The maximum absolute atomic E-state index is 5.57. The van der Waals surface area contributed by atoms with E-state index >= 15 is 0 Å². The van der Waals surface area contributed by atoms with Crippen LogP contribution in [-0.4, -0.2) is 17.1 Å². The van der Waals surface area contributed by atoms with Gasteiger partial charge in [-0.25, -0.2) is 4.98 Å². The zero-order chi connectivity index (χ0) is 20.3. The van der Waals surface area contributed by atoms with Crippen molar-refractivity contribution in [2.45, 2.75) is 25.7 Å². The standard InChI is InChI=1S/C27H26N2O/c1-30-27-23(11-7-17-28-27)26-25(22-10-5-6-12-24(22)29-26)21-15-13-20(14-16-21)18-19-8-3-2-4-9-19/h2-12,15,17,20,29H,13-14,16,18H2,1H3. The molecule has 0 saturated carbocycles. The van der Waals surface area contributed by atoms with Crippen LogP contribution in [0.25, 0.3) is 27.7 Å². The number of hydrogen-bond acceptors (Lipinski definition) is 2. The van der Waals surface area contributed by atoms with Crippen molar-refractivity contribution in [3.63, 3.8) is 0 Å². The predicted octanol–water partition coefficient (Wildman–Crippen LogP) is 6.66. The van der Waals surface area contributed by atoms with Gasteiger partial charge in [-0.15, -0.1) is 0 Å². The predicted molar refractivity (Wildman–Crippen MR) is 124 cm³/mol. The minimum Gasteiger partial charge on any atom is -0.481 e. The van der Waals surface area contributed by atoms with E-state index in [0.29, 0.717) is 11.8 Å². The van der Waals surface area contributed by atoms with Crippen molar-refractivity contribution in [1.29, 1.82) is 0 Å². The van der Waals surface area contributed by atoms with Gasteiger partial charge < -0.3 is 9.72 Å². The fourth-order valence-electron chi connectivity index (χ4n) is 4.67. The van der Waals surface area contributed by atoms with Crippen molar-refractivity contribution in [2.75, 3.05) is 7.11 Å². The number of ether oxygens (including phenoxy) is 1. The highest BCUT2D eigenvalue weighted by molar-refractivity contribution is 6.00. The SMILES string of the molecule is COc1ncccc1-c1[nH]c2ccccc2c1C1=CCC(Cc2ccccc2)CC1. The Morgan fingerprint density at radius 1 is 1.00 bits per heavy atom. The number of fused-ring (bicyclic) bond motifs is 1. The first-order valence-electron chi connectivity index (χ1n) is 10.7. The van der Waals surface area contributed by atoms with Crippen molar-refractivity contribution < 1.29 is 4.74 Å². The molecule has 1 aliphatic carbocycles. The average molecular weight is 395 g/mol. The van der Waals surface area contributed by atoms with Crippen LogP contribution in [0.15, 0.2) is 79.0 Å². The topological polar surface area (TPSA) is 37.9 Å². The normalized spacial score (nSPS) is 16.4. The number of rotatable bonds is 5. The number of nitrogens with one attached hydrogen (secondary N) is 1. The number of aromatic amines is 1. The molecule has 1 unspecified atom stereocenters. The van der Waals surface area contributed by atoms with Crippen molar-refractivity contribution in [1.82, 2.24) is 9.97 Å². The Hall–Kier alpha value is -3.33. The third-order valence-electron chi connectivity index (χ3n) is 6.15. The minimum atomic E-state index is 0.656. The molecular formula is C27H26N2O. The molecule has 0 spiro atoms. The van der Waals surface area contributed by atoms with E-state index in [1.54, 1.807) is 13.3 Å². The molecule has 5 rings (SSSR count). The van der Waals surface area contributed by atoms with Crippen molar-refractivity contribution >= 4 is 16.5 Å². The van der Waals surface area contributed by atoms with Crippen molar-refractivity contribution in [2.24, 2.45) is 5.92 Å². The lowest BCUT2D eigenvalue weighted by Crippen LogP contribution is -2.09. The third kappa shape index (κ3) is 3.52. The van der Waals surface area contributed by atoms with Crippen LogP contribution in [0.1, 0.15) is 30.4 Å². The maximum Gasteiger partial charge on any atom is 0.222 e. The summed E-state index contributed by atoms with van der Waals surface area (Å²) in [6, 6.07) is 23.5. The second-order valence-corrected chi connectivity index (χ2v) is 8.04. The number of H-pyrrole nitrogens is 1. The zero-order valence-electron chi connectivity index (χ0n) is 17.3. The highest BCUT2D eigenvalue weighted by Gasteiger charge is 2.23. The van der Waals surface area contributed by atoms with Gasteiger partial charge in [-0.3, -0.25) is 0 Å². The van der Waals surface area contributed by atoms with E-state index in [0.717, 1.165) is 36.0 Å². The molecule has 3 nitrogen and oxygen atoms in total. The quantitative estimate of drug-likeness (QED) is 0.411. The first-order chi connectivity index (χ1) is 14.8. The van der Waals surface area contributed by atoms with E-state index in [2.05, 4.69) is 76.7 Å². The molecule has 0 fully saturated rings. The van der Waals surface area contributed by atoms with Gasteiger partial charge in [0.1, 0.15) is 0 Å². The summed E-state index contributed by atoms with van der Waals surface area (Å²) in [4.78, 5) is 8.07. The number of pyridine rings is 1. The summed E-state index contributed by atoms with van der Waals surface area (Å²) in [5, 5.41) is 1.27. The second-order valence-electron chi connectivity index (χ2n) is 8.04. The largest absolute Gasteiger partial charge is 0.481 e. The highest BCUT2D eigenvalue weighted by atomic mass is 16.5. The van der Waals surface area contributed by atoms with Gasteiger partial charge in [0.15, 0.2) is 0 Å². The molecule has 1 atom stereocenters. The lowest BCUT2D eigenvalue weighted by Gasteiger charge is -2.23. The van der Waals surface area contributed by atoms with E-state index in [1.807, 2.05) is 6.07 Å². The Morgan fingerprint density at radius 2 is 1.83 bits per heavy atom. The third-order valence-corrected chi connectivity index (χ3v) is 6.15. The molecule has 4 aromatic rings. The highest BCUT2D eigenvalue weighted by Crippen LogP contribution is 2.42. The molecule has 0 bridgehead atoms. The van der Waals surface area contributed by atoms with Crippen molar-refractivity contribution in [3.05, 3.63) is 90.1 Å². The fraction of sp³-hybridized carbons (Fsp3) is 0.222. The summed E-state index contributed by atoms with van der Waals surface area (Å²) in [5.41, 5.74) is 7.44. The van der Waals surface area contributed by atoms with E-state index < -0.39 is 0 Å². The number of allylic oxidation sites excluding steroid dienone is 2. The van der Waals surface area contributed by atoms with Gasteiger partial charge in [0, 0.05) is 22.7 Å². The Bertz CT molecular complexity index is 1190. The van der Waals surface area contributed by atoms with Crippen LogP contribution in [0.5, 0.6) is 5.88 Å². The lowest BCUT2D eigenvalue weighted by molar-refractivity contribution is 0.399. The van der Waals surface area contributed by atoms with Gasteiger partial charge in [0.05, 0.1) is 18.4 Å². The molecule has 30 heavy (non-hydrogen) atoms. The number of hydrogen-bond donors (Lipinski definition) is 1. The molecule has 0 aliphatic heterocycles. The van der Waals surface area contributed by atoms with Crippen LogP contribution < -0.4 is 4.74 Å². The molecule has 0 amide bonds. The summed E-state index contributed by atoms with van der Waals surface area (Å²) < 4.78 is 5.57. The number of methoxy groups -OCH3 is 1. The van der Waals surface area contributed by atoms with E-state index in [1.165, 1.54) is 28.5 Å². The van der Waals surface area contributed by atoms with Crippen LogP contribution in [0.4, 0.5) is 0 Å². The molecule has 1 N–H and O–H groups in total. The zero-order valence-corrected chi connectivity index (χ0v) is 17.3. The Kier molecular flexibility index (Phi) is 5.10. The number of benzene rings is 2. The van der Waals surface area contributed by atoms with E-state index in [9.17, 15) is 0 Å². The summed E-state index contributed by atoms with van der Waals surface area (Å²) in [5.74, 6) is 1.36. The molecule has 150 valence electrons. The molecule has 0 radical (unpaired) electrons. The minimum absolute atomic E-state index is 0.656. The van der Waals surface area contributed by atoms with Crippen molar-refractivity contribution in [3.8, 4) is 17.1 Å². The monoisotopic (exact) mass is 394 g/mol. The second kappa shape index (κ2) is 8.19. The molecule has 3 heteroatoms. The van der Waals surface area contributed by atoms with Crippen LogP contribution in [-0.2, 0) is 6.42 Å². The maximum atomic E-state index is 5.57. The van der Waals surface area contributed by atoms with Gasteiger partial charge in [-0.1, -0.05) is 54.6 Å². The average Bonchev–Trinajstić information content (AvgIpc) is 3.20. The molecule has 2 heterocycles. The van der Waals surface area contributed by atoms with Gasteiger partial charge in [-0.05, 0) is 60.9 Å². The molecule has 2 aromatic carbocycles. The van der Waals surface area contributed by atoms with Gasteiger partial charge in [-0.2, -0.15) is 0 Å². The number of nitrogens with zero attached hydrogens (tertiary/aromatic N) is 1. The lowest BCUT2D eigenvalue weighted by atomic mass is 9.82. The van der Waals surface area contributed by atoms with Crippen LogP contribution >= 0.6 is 0 Å². The van der Waals surface area contributed by atoms with Gasteiger partial charge >= 0.3 is 0 Å². The summed E-state index contributed by atoms with van der Waals surface area (Å²) >= 11 is 0. The Balaban J connectivity index is 1.53. The summed E-state index contributed by atoms with van der Waals surface area (Å²) in [7, 11) is 1.68. The summed E-state index contributed by atoms with van der Waals surface area (Å²) in [6.45, 7) is 0. The van der Waals surface area contributed by atoms with E-state index in [4.69, 9.17) is 4.74 Å². The number of para-hydroxylation sites is 1. The first kappa shape index (κ1) is 18.7. The van der Waals surface area contributed by atoms with E-state index in [-0.39, 0.29) is 0 Å². The molecule has 0 saturated heterocycles. The van der Waals surface area contributed by atoms with Gasteiger partial charge in [0.25, 0.3) is 0 Å².